The van der Waals surface area contributed by atoms with E-state index >= 15 is 0 Å². The molecule has 1 aliphatic heterocycles. The molecule has 0 saturated carbocycles. The van der Waals surface area contributed by atoms with Crippen LogP contribution in [0.15, 0.2) is 12.1 Å². The summed E-state index contributed by atoms with van der Waals surface area (Å²) in [4.78, 5) is 30.9. The van der Waals surface area contributed by atoms with E-state index < -0.39 is 8.07 Å². The van der Waals surface area contributed by atoms with Crippen molar-refractivity contribution in [1.82, 2.24) is 0 Å². The smallest absolute Gasteiger partial charge is 0.162 e. The van der Waals surface area contributed by atoms with Crippen molar-refractivity contribution in [2.75, 3.05) is 0 Å². The molecular formula is C19H18O2S3Si. The summed E-state index contributed by atoms with van der Waals surface area (Å²) in [5.74, 6) is -0.0285. The summed E-state index contributed by atoms with van der Waals surface area (Å²) >= 11 is 5.23. The normalized spacial score (nSPS) is 14.4. The molecule has 0 radical (unpaired) electrons. The molecule has 0 fully saturated rings. The molecule has 4 heterocycles. The zero-order chi connectivity index (χ0) is 18.1. The van der Waals surface area contributed by atoms with Gasteiger partial charge < -0.3 is 0 Å². The molecule has 4 rings (SSSR count). The van der Waals surface area contributed by atoms with Gasteiger partial charge in [-0.05, 0) is 43.3 Å². The summed E-state index contributed by atoms with van der Waals surface area (Å²) in [5.41, 5.74) is 1.16. The first-order valence-corrected chi connectivity index (χ1v) is 13.6. The van der Waals surface area contributed by atoms with Gasteiger partial charge in [0.05, 0.1) is 4.88 Å². The van der Waals surface area contributed by atoms with Crippen LogP contribution in [0.5, 0.6) is 0 Å². The lowest BCUT2D eigenvalue weighted by atomic mass is 10.1. The minimum absolute atomic E-state index is 0.0285. The number of thiophene rings is 3. The number of carbonyl (C=O) groups excluding carboxylic acids is 2. The van der Waals surface area contributed by atoms with Gasteiger partial charge in [0.1, 0.15) is 8.07 Å². The quantitative estimate of drug-likeness (QED) is 0.352. The number of hydrogen-bond donors (Lipinski definition) is 0. The topological polar surface area (TPSA) is 34.1 Å². The van der Waals surface area contributed by atoms with E-state index in [4.69, 9.17) is 0 Å². The Morgan fingerprint density at radius 3 is 2.28 bits per heavy atom. The minimum Gasteiger partial charge on any atom is -0.298 e. The Labute approximate surface area is 160 Å². The first-order chi connectivity index (χ1) is 11.8. The summed E-state index contributed by atoms with van der Waals surface area (Å²) in [6.45, 7) is 10.5. The number of ketones is 1. The van der Waals surface area contributed by atoms with E-state index in [2.05, 4.69) is 32.2 Å². The average Bonchev–Trinajstić information content (AvgIpc) is 3.23. The van der Waals surface area contributed by atoms with Crippen molar-refractivity contribution in [3.63, 3.8) is 0 Å². The van der Waals surface area contributed by atoms with Crippen LogP contribution < -0.4 is 10.4 Å². The fourth-order valence-corrected chi connectivity index (χ4v) is 12.1. The Balaban J connectivity index is 1.96. The van der Waals surface area contributed by atoms with Crippen LogP contribution in [-0.4, -0.2) is 20.1 Å². The number of fused-ring (bicyclic) bond motifs is 3. The molecule has 0 amide bonds. The molecule has 0 aromatic carbocycles. The fraction of sp³-hybridized carbons (Fsp3) is 0.263. The molecule has 1 aliphatic rings. The van der Waals surface area contributed by atoms with Crippen LogP contribution in [0, 0.1) is 13.8 Å². The highest BCUT2D eigenvalue weighted by atomic mass is 32.1. The lowest BCUT2D eigenvalue weighted by molar-refractivity contribution is 0.101. The molecule has 3 aromatic rings. The van der Waals surface area contributed by atoms with Gasteiger partial charge in [-0.25, -0.2) is 0 Å². The van der Waals surface area contributed by atoms with Crippen LogP contribution >= 0.6 is 34.0 Å². The molecule has 25 heavy (non-hydrogen) atoms. The molecule has 0 atom stereocenters. The molecular weight excluding hydrogens is 384 g/mol. The van der Waals surface area contributed by atoms with Crippen LogP contribution in [0.2, 0.25) is 13.1 Å². The molecule has 0 spiro atoms. The Morgan fingerprint density at radius 2 is 1.64 bits per heavy atom. The zero-order valence-electron chi connectivity index (χ0n) is 14.8. The van der Waals surface area contributed by atoms with Gasteiger partial charge in [0, 0.05) is 35.5 Å². The van der Waals surface area contributed by atoms with E-state index in [1.165, 1.54) is 19.8 Å². The lowest BCUT2D eigenvalue weighted by Crippen LogP contribution is -2.48. The Bertz CT molecular complexity index is 1050. The van der Waals surface area contributed by atoms with Gasteiger partial charge in [0.25, 0.3) is 0 Å². The SMILES string of the molecule is CC(=O)c1c(-c2cc3c(s2)-c2sc(C)cc2[Si]3(C)C)sc(C)c1C=O. The van der Waals surface area contributed by atoms with E-state index in [-0.39, 0.29) is 5.78 Å². The number of aldehydes is 1. The van der Waals surface area contributed by atoms with Gasteiger partial charge in [-0.3, -0.25) is 9.59 Å². The zero-order valence-corrected chi connectivity index (χ0v) is 18.2. The molecule has 0 aliphatic carbocycles. The lowest BCUT2D eigenvalue weighted by Gasteiger charge is -2.16. The number of Topliss-reactive ketones (excluding diaryl/α,β-unsaturated/α-hetero) is 1. The van der Waals surface area contributed by atoms with E-state index in [0.29, 0.717) is 11.1 Å². The van der Waals surface area contributed by atoms with E-state index in [9.17, 15) is 9.59 Å². The average molecular weight is 403 g/mol. The van der Waals surface area contributed by atoms with Crippen LogP contribution in [-0.2, 0) is 0 Å². The largest absolute Gasteiger partial charge is 0.298 e. The number of carbonyl (C=O) groups is 2. The molecule has 0 N–H and O–H groups in total. The molecule has 0 bridgehead atoms. The predicted molar refractivity (Wildman–Crippen MR) is 113 cm³/mol. The van der Waals surface area contributed by atoms with Crippen molar-refractivity contribution in [3.8, 4) is 19.5 Å². The van der Waals surface area contributed by atoms with Gasteiger partial charge in [-0.2, -0.15) is 0 Å². The highest BCUT2D eigenvalue weighted by molar-refractivity contribution is 7.31. The van der Waals surface area contributed by atoms with Crippen LogP contribution in [0.4, 0.5) is 0 Å². The predicted octanol–water partition coefficient (Wildman–Crippen LogP) is 4.97. The molecule has 128 valence electrons. The van der Waals surface area contributed by atoms with Gasteiger partial charge in [0.2, 0.25) is 0 Å². The molecule has 0 saturated heterocycles. The maximum absolute atomic E-state index is 12.2. The van der Waals surface area contributed by atoms with Crippen molar-refractivity contribution < 1.29 is 9.59 Å². The highest BCUT2D eigenvalue weighted by Crippen LogP contribution is 2.45. The van der Waals surface area contributed by atoms with Crippen LogP contribution in [0.25, 0.3) is 19.5 Å². The molecule has 6 heteroatoms. The van der Waals surface area contributed by atoms with Crippen LogP contribution in [0.1, 0.15) is 37.4 Å². The van der Waals surface area contributed by atoms with Crippen LogP contribution in [0.3, 0.4) is 0 Å². The highest BCUT2D eigenvalue weighted by Gasteiger charge is 2.41. The Hall–Kier alpha value is -1.34. The van der Waals surface area contributed by atoms with Gasteiger partial charge in [-0.15, -0.1) is 34.0 Å². The first-order valence-electron chi connectivity index (χ1n) is 8.11. The fourth-order valence-electron chi connectivity index (χ4n) is 3.65. The van der Waals surface area contributed by atoms with Gasteiger partial charge in [0.15, 0.2) is 12.1 Å². The van der Waals surface area contributed by atoms with E-state index in [0.717, 1.165) is 20.9 Å². The standard InChI is InChI=1S/C19H18O2S3Si/c1-9-6-14-18(22-9)19-15(25(14,4)5)7-13(24-19)17-16(10(2)21)12(8-20)11(3)23-17/h6-8H,1-5H3. The van der Waals surface area contributed by atoms with Crippen molar-refractivity contribution in [2.24, 2.45) is 0 Å². The number of rotatable bonds is 3. The third-order valence-electron chi connectivity index (χ3n) is 4.96. The third kappa shape index (κ3) is 2.31. The van der Waals surface area contributed by atoms with Crippen molar-refractivity contribution in [1.29, 1.82) is 0 Å². The maximum atomic E-state index is 12.2. The van der Waals surface area contributed by atoms with E-state index in [1.807, 2.05) is 18.3 Å². The number of hydrogen-bond acceptors (Lipinski definition) is 5. The van der Waals surface area contributed by atoms with E-state index in [1.54, 1.807) is 34.8 Å². The summed E-state index contributed by atoms with van der Waals surface area (Å²) < 4.78 is 0. The second-order valence-electron chi connectivity index (χ2n) is 7.03. The summed E-state index contributed by atoms with van der Waals surface area (Å²) in [7, 11) is -1.66. The van der Waals surface area contributed by atoms with Crippen molar-refractivity contribution in [3.05, 3.63) is 33.0 Å². The third-order valence-corrected chi connectivity index (χ3v) is 12.5. The van der Waals surface area contributed by atoms with Gasteiger partial charge >= 0.3 is 0 Å². The molecule has 0 unspecified atom stereocenters. The number of aryl methyl sites for hydroxylation is 2. The maximum Gasteiger partial charge on any atom is 0.162 e. The van der Waals surface area contributed by atoms with Crippen molar-refractivity contribution in [2.45, 2.75) is 33.9 Å². The van der Waals surface area contributed by atoms with Gasteiger partial charge in [-0.1, -0.05) is 13.1 Å². The molecule has 3 aromatic heterocycles. The summed E-state index contributed by atoms with van der Waals surface area (Å²) in [6.07, 6.45) is 0.826. The van der Waals surface area contributed by atoms with Crippen molar-refractivity contribution >= 4 is 64.5 Å². The summed E-state index contributed by atoms with van der Waals surface area (Å²) in [6, 6.07) is 4.65. The monoisotopic (exact) mass is 402 g/mol. The summed E-state index contributed by atoms with van der Waals surface area (Å²) in [5, 5.41) is 3.02. The second kappa shape index (κ2) is 5.58. The Kier molecular flexibility index (Phi) is 3.81. The second-order valence-corrected chi connectivity index (χ2v) is 14.9. The Morgan fingerprint density at radius 1 is 1.00 bits per heavy atom. The minimum atomic E-state index is -1.66. The molecule has 2 nitrogen and oxygen atoms in total. The first kappa shape index (κ1) is 17.1.